The zero-order valence-corrected chi connectivity index (χ0v) is 18.5. The van der Waals surface area contributed by atoms with E-state index < -0.39 is 0 Å². The molecule has 0 aliphatic carbocycles. The first kappa shape index (κ1) is 19.6. The Bertz CT molecular complexity index is 1330. The summed E-state index contributed by atoms with van der Waals surface area (Å²) in [4.78, 5) is 12.6. The molecule has 5 rings (SSSR count). The molecule has 0 radical (unpaired) electrons. The number of hydrogen-bond acceptors (Lipinski definition) is 3. The van der Waals surface area contributed by atoms with Crippen molar-refractivity contribution in [3.05, 3.63) is 65.6 Å². The molecule has 0 unspecified atom stereocenters. The summed E-state index contributed by atoms with van der Waals surface area (Å²) < 4.78 is 6.21. The van der Waals surface area contributed by atoms with Gasteiger partial charge in [0.2, 0.25) is 0 Å². The second-order valence-corrected chi connectivity index (χ2v) is 8.24. The van der Waals surface area contributed by atoms with Gasteiger partial charge < -0.3 is 9.72 Å². The molecule has 2 heterocycles. The predicted molar refractivity (Wildman–Crippen MR) is 128 cm³/mol. The van der Waals surface area contributed by atoms with Crippen LogP contribution in [0.1, 0.15) is 44.1 Å². The molecule has 0 spiro atoms. The summed E-state index contributed by atoms with van der Waals surface area (Å²) in [6.45, 7) is 9.04. The minimum atomic E-state index is 0.572. The fraction of sp³-hybridized carbons (Fsp3) is 0.259. The molecule has 0 saturated heterocycles. The lowest BCUT2D eigenvalue weighted by Gasteiger charge is -2.22. The molecule has 0 fully saturated rings. The fourth-order valence-electron chi connectivity index (χ4n) is 4.21. The van der Waals surface area contributed by atoms with Crippen LogP contribution in [-0.4, -0.2) is 15.7 Å². The maximum absolute atomic E-state index is 6.21. The molecule has 4 aromatic rings. The molecule has 0 atom stereocenters. The first-order valence-corrected chi connectivity index (χ1v) is 11.0. The Balaban J connectivity index is 1.58. The van der Waals surface area contributed by atoms with E-state index in [1.165, 1.54) is 27.5 Å². The topological polar surface area (TPSA) is 50.3 Å². The fourth-order valence-corrected chi connectivity index (χ4v) is 4.21. The van der Waals surface area contributed by atoms with E-state index >= 15 is 0 Å². The highest BCUT2D eigenvalue weighted by molar-refractivity contribution is 5.97. The van der Waals surface area contributed by atoms with Gasteiger partial charge in [0.05, 0.1) is 17.6 Å². The number of nitrogens with zero attached hydrogens (tertiary/aromatic N) is 2. The number of hydrogen-bond donors (Lipinski definition) is 1. The second kappa shape index (κ2) is 7.69. The number of imidazole rings is 1. The SMILES string of the molecule is CCC(C)=Nc1ccc2cc3c(cc2c1C)OCc1cc(-c2cnc(CC)[nH]2)ccc1-3. The van der Waals surface area contributed by atoms with Crippen molar-refractivity contribution in [2.24, 2.45) is 4.99 Å². The molecule has 1 aromatic heterocycles. The number of nitrogens with one attached hydrogen (secondary N) is 1. The minimum absolute atomic E-state index is 0.572. The number of aliphatic imine (C=N–C) groups is 1. The van der Waals surface area contributed by atoms with Crippen LogP contribution in [-0.2, 0) is 13.0 Å². The largest absolute Gasteiger partial charge is 0.488 e. The first-order chi connectivity index (χ1) is 15.1. The summed E-state index contributed by atoms with van der Waals surface area (Å²) in [5.74, 6) is 1.95. The summed E-state index contributed by atoms with van der Waals surface area (Å²) in [6, 6.07) is 15.3. The molecule has 4 heteroatoms. The average Bonchev–Trinajstić information content (AvgIpc) is 3.29. The van der Waals surface area contributed by atoms with Gasteiger partial charge in [-0.05, 0) is 77.6 Å². The van der Waals surface area contributed by atoms with Crippen LogP contribution >= 0.6 is 0 Å². The molecule has 0 saturated carbocycles. The van der Waals surface area contributed by atoms with E-state index in [4.69, 9.17) is 9.73 Å². The van der Waals surface area contributed by atoms with Gasteiger partial charge in [0.15, 0.2) is 0 Å². The van der Waals surface area contributed by atoms with Crippen LogP contribution in [0.5, 0.6) is 5.75 Å². The molecule has 1 N–H and O–H groups in total. The Morgan fingerprint density at radius 3 is 2.74 bits per heavy atom. The number of aromatic nitrogens is 2. The van der Waals surface area contributed by atoms with Crippen molar-refractivity contribution < 1.29 is 4.74 Å². The van der Waals surface area contributed by atoms with Crippen molar-refractivity contribution in [3.8, 4) is 28.1 Å². The van der Waals surface area contributed by atoms with Crippen LogP contribution in [0.15, 0.2) is 53.7 Å². The number of fused-ring (bicyclic) bond motifs is 4. The van der Waals surface area contributed by atoms with E-state index in [9.17, 15) is 0 Å². The van der Waals surface area contributed by atoms with Gasteiger partial charge in [0.1, 0.15) is 18.2 Å². The number of benzene rings is 3. The maximum atomic E-state index is 6.21. The molecule has 0 bridgehead atoms. The Hall–Kier alpha value is -3.40. The monoisotopic (exact) mass is 409 g/mol. The summed E-state index contributed by atoms with van der Waals surface area (Å²) in [7, 11) is 0. The van der Waals surface area contributed by atoms with E-state index in [1.807, 2.05) is 6.20 Å². The number of aryl methyl sites for hydroxylation is 2. The third-order valence-corrected chi connectivity index (χ3v) is 6.24. The predicted octanol–water partition coefficient (Wildman–Crippen LogP) is 7.16. The Morgan fingerprint density at radius 2 is 1.97 bits per heavy atom. The number of aromatic amines is 1. The first-order valence-electron chi connectivity index (χ1n) is 11.0. The number of rotatable bonds is 4. The molecular formula is C27H27N3O. The van der Waals surface area contributed by atoms with Crippen LogP contribution in [0.3, 0.4) is 0 Å². The van der Waals surface area contributed by atoms with Crippen molar-refractivity contribution >= 4 is 22.2 Å². The van der Waals surface area contributed by atoms with Gasteiger partial charge in [-0.25, -0.2) is 4.98 Å². The minimum Gasteiger partial charge on any atom is -0.488 e. The summed E-state index contributed by atoms with van der Waals surface area (Å²) in [5.41, 5.74) is 9.17. The van der Waals surface area contributed by atoms with E-state index in [2.05, 4.69) is 80.1 Å². The van der Waals surface area contributed by atoms with Gasteiger partial charge in [-0.15, -0.1) is 0 Å². The molecule has 1 aliphatic heterocycles. The molecule has 31 heavy (non-hydrogen) atoms. The van der Waals surface area contributed by atoms with Crippen molar-refractivity contribution in [1.29, 1.82) is 0 Å². The van der Waals surface area contributed by atoms with Gasteiger partial charge in [-0.2, -0.15) is 0 Å². The van der Waals surface area contributed by atoms with E-state index in [0.29, 0.717) is 6.61 Å². The average molecular weight is 410 g/mol. The van der Waals surface area contributed by atoms with Crippen molar-refractivity contribution in [1.82, 2.24) is 9.97 Å². The van der Waals surface area contributed by atoms with Crippen molar-refractivity contribution in [2.75, 3.05) is 0 Å². The zero-order chi connectivity index (χ0) is 21.5. The zero-order valence-electron chi connectivity index (χ0n) is 18.5. The highest BCUT2D eigenvalue weighted by Gasteiger charge is 2.20. The normalized spacial score (nSPS) is 13.1. The van der Waals surface area contributed by atoms with Gasteiger partial charge in [-0.1, -0.05) is 32.0 Å². The van der Waals surface area contributed by atoms with E-state index in [-0.39, 0.29) is 0 Å². The van der Waals surface area contributed by atoms with Crippen molar-refractivity contribution in [3.63, 3.8) is 0 Å². The molecule has 1 aliphatic rings. The third-order valence-electron chi connectivity index (χ3n) is 6.24. The molecule has 3 aromatic carbocycles. The van der Waals surface area contributed by atoms with Crippen LogP contribution < -0.4 is 4.74 Å². The van der Waals surface area contributed by atoms with Crippen LogP contribution in [0.4, 0.5) is 5.69 Å². The van der Waals surface area contributed by atoms with Gasteiger partial charge >= 0.3 is 0 Å². The van der Waals surface area contributed by atoms with E-state index in [0.717, 1.165) is 52.6 Å². The summed E-state index contributed by atoms with van der Waals surface area (Å²) in [5, 5.41) is 2.42. The molecule has 0 amide bonds. The van der Waals surface area contributed by atoms with Gasteiger partial charge in [-0.3, -0.25) is 4.99 Å². The highest BCUT2D eigenvalue weighted by atomic mass is 16.5. The maximum Gasteiger partial charge on any atom is 0.128 e. The highest BCUT2D eigenvalue weighted by Crippen LogP contribution is 2.42. The van der Waals surface area contributed by atoms with Gasteiger partial charge in [0, 0.05) is 17.7 Å². The molecule has 156 valence electrons. The molecular weight excluding hydrogens is 382 g/mol. The van der Waals surface area contributed by atoms with Crippen LogP contribution in [0.25, 0.3) is 33.2 Å². The Morgan fingerprint density at radius 1 is 1.10 bits per heavy atom. The third kappa shape index (κ3) is 3.42. The second-order valence-electron chi connectivity index (χ2n) is 8.24. The van der Waals surface area contributed by atoms with Crippen molar-refractivity contribution in [2.45, 2.75) is 47.1 Å². The lowest BCUT2D eigenvalue weighted by molar-refractivity contribution is 0.303. The Labute approximate surface area is 183 Å². The van der Waals surface area contributed by atoms with Gasteiger partial charge in [0.25, 0.3) is 0 Å². The quantitative estimate of drug-likeness (QED) is 0.363. The van der Waals surface area contributed by atoms with E-state index in [1.54, 1.807) is 0 Å². The van der Waals surface area contributed by atoms with Crippen LogP contribution in [0, 0.1) is 6.92 Å². The smallest absolute Gasteiger partial charge is 0.128 e. The van der Waals surface area contributed by atoms with Crippen LogP contribution in [0.2, 0.25) is 0 Å². The lowest BCUT2D eigenvalue weighted by Crippen LogP contribution is -2.06. The number of ether oxygens (including phenoxy) is 1. The lowest BCUT2D eigenvalue weighted by atomic mass is 9.91. The summed E-state index contributed by atoms with van der Waals surface area (Å²) in [6.07, 6.45) is 3.77. The standard InChI is InChI=1S/C27H27N3O/c1-5-16(3)29-24-10-8-18-12-23-21-9-7-19(25-14-28-27(6-2)30-25)11-20(21)15-31-26(23)13-22(18)17(24)4/h7-14H,5-6,15H2,1-4H3,(H,28,30). The summed E-state index contributed by atoms with van der Waals surface area (Å²) >= 11 is 0. The Kier molecular flexibility index (Phi) is 4.85. The number of H-pyrrole nitrogens is 1. The molecule has 4 nitrogen and oxygen atoms in total.